The van der Waals surface area contributed by atoms with E-state index >= 15 is 0 Å². The third kappa shape index (κ3) is 2.48. The zero-order chi connectivity index (χ0) is 16.7. The molecule has 1 aliphatic heterocycles. The number of morpholine rings is 1. The fraction of sp³-hybridized carbons (Fsp3) is 0.267. The number of hydrogen-bond acceptors (Lipinski definition) is 5. The molecule has 1 radical (unpaired) electrons. The first-order valence-corrected chi connectivity index (χ1v) is 7.41. The van der Waals surface area contributed by atoms with Crippen molar-refractivity contribution in [1.82, 2.24) is 19.7 Å². The number of nitrogens with two attached hydrogens (primary N) is 1. The molecule has 1 saturated heterocycles. The van der Waals surface area contributed by atoms with Gasteiger partial charge in [-0.3, -0.25) is 0 Å². The first-order chi connectivity index (χ1) is 11.6. The van der Waals surface area contributed by atoms with Crippen LogP contribution in [-0.4, -0.2) is 52.1 Å². The van der Waals surface area contributed by atoms with E-state index in [2.05, 4.69) is 21.1 Å². The highest BCUT2D eigenvalue weighted by Crippen LogP contribution is 2.27. The largest absolute Gasteiger partial charge is 0.378 e. The molecule has 0 unspecified atom stereocenters. The molecule has 24 heavy (non-hydrogen) atoms. The molecule has 0 saturated carbocycles. The summed E-state index contributed by atoms with van der Waals surface area (Å²) in [5, 5.41) is 3.98. The Morgan fingerprint density at radius 1 is 1.38 bits per heavy atom. The maximum Gasteiger partial charge on any atom is 0.339 e. The minimum absolute atomic E-state index is 0.332. The van der Waals surface area contributed by atoms with E-state index in [4.69, 9.17) is 10.5 Å². The predicted octanol–water partition coefficient (Wildman–Crippen LogP) is 1.13. The highest BCUT2D eigenvalue weighted by atomic mass is 19.1. The van der Waals surface area contributed by atoms with E-state index in [0.29, 0.717) is 54.5 Å². The molecule has 1 aromatic carbocycles. The summed E-state index contributed by atoms with van der Waals surface area (Å²) in [7, 11) is 0. The lowest BCUT2D eigenvalue weighted by molar-refractivity contribution is 0.122. The summed E-state index contributed by atoms with van der Waals surface area (Å²) in [5.41, 5.74) is 7.14. The SMILES string of the molecule is NC(=O)n1c[c]c(-c2nc3cc(F)c(N4CCOCC4)cc3[nH]2)n1. The predicted molar refractivity (Wildman–Crippen MR) is 84.1 cm³/mol. The summed E-state index contributed by atoms with van der Waals surface area (Å²) in [5.74, 6) is 0.0534. The summed E-state index contributed by atoms with van der Waals surface area (Å²) in [4.78, 5) is 20.4. The van der Waals surface area contributed by atoms with E-state index in [-0.39, 0.29) is 5.82 Å². The minimum atomic E-state index is -0.714. The van der Waals surface area contributed by atoms with Gasteiger partial charge in [-0.2, -0.15) is 9.78 Å². The number of nitrogens with zero attached hydrogens (tertiary/aromatic N) is 4. The molecule has 3 N–H and O–H groups in total. The van der Waals surface area contributed by atoms with Crippen LogP contribution >= 0.6 is 0 Å². The van der Waals surface area contributed by atoms with Gasteiger partial charge in [0.2, 0.25) is 0 Å². The Kier molecular flexibility index (Phi) is 3.42. The molecule has 4 rings (SSSR count). The summed E-state index contributed by atoms with van der Waals surface area (Å²) >= 11 is 0. The molecule has 0 spiro atoms. The van der Waals surface area contributed by atoms with E-state index in [0.717, 1.165) is 4.68 Å². The quantitative estimate of drug-likeness (QED) is 0.734. The van der Waals surface area contributed by atoms with Crippen molar-refractivity contribution in [3.05, 3.63) is 30.2 Å². The number of hydrogen-bond donors (Lipinski definition) is 2. The Balaban J connectivity index is 1.73. The summed E-state index contributed by atoms with van der Waals surface area (Å²) < 4.78 is 20.7. The van der Waals surface area contributed by atoms with E-state index in [9.17, 15) is 9.18 Å². The van der Waals surface area contributed by atoms with Crippen molar-refractivity contribution in [2.45, 2.75) is 0 Å². The van der Waals surface area contributed by atoms with Crippen LogP contribution in [0.25, 0.3) is 22.6 Å². The first-order valence-electron chi connectivity index (χ1n) is 7.41. The van der Waals surface area contributed by atoms with Gasteiger partial charge >= 0.3 is 6.03 Å². The monoisotopic (exact) mass is 329 g/mol. The van der Waals surface area contributed by atoms with Crippen molar-refractivity contribution in [2.75, 3.05) is 31.2 Å². The second kappa shape index (κ2) is 5.60. The summed E-state index contributed by atoms with van der Waals surface area (Å²) in [6.45, 7) is 2.43. The number of carbonyl (C=O) groups is 1. The van der Waals surface area contributed by atoms with E-state index in [1.165, 1.54) is 12.3 Å². The van der Waals surface area contributed by atoms with Gasteiger partial charge in [0.25, 0.3) is 0 Å². The van der Waals surface area contributed by atoms with Gasteiger partial charge in [0.05, 0.1) is 29.9 Å². The van der Waals surface area contributed by atoms with Crippen molar-refractivity contribution in [2.24, 2.45) is 5.73 Å². The number of imidazole rings is 1. The van der Waals surface area contributed by atoms with Crippen LogP contribution in [0.2, 0.25) is 0 Å². The van der Waals surface area contributed by atoms with Gasteiger partial charge in [-0.15, -0.1) is 0 Å². The number of carbonyl (C=O) groups excluding carboxylic acids is 1. The number of anilines is 1. The molecule has 0 atom stereocenters. The number of halogens is 1. The summed E-state index contributed by atoms with van der Waals surface area (Å²) in [6.07, 6.45) is 1.32. The van der Waals surface area contributed by atoms with Crippen LogP contribution in [-0.2, 0) is 4.74 Å². The first kappa shape index (κ1) is 14.6. The van der Waals surface area contributed by atoms with Crippen molar-refractivity contribution in [3.8, 4) is 11.5 Å². The van der Waals surface area contributed by atoms with Crippen LogP contribution in [0.5, 0.6) is 0 Å². The lowest BCUT2D eigenvalue weighted by Crippen LogP contribution is -2.36. The maximum absolute atomic E-state index is 14.4. The van der Waals surface area contributed by atoms with Crippen molar-refractivity contribution in [1.29, 1.82) is 0 Å². The molecule has 0 aliphatic carbocycles. The zero-order valence-electron chi connectivity index (χ0n) is 12.6. The lowest BCUT2D eigenvalue weighted by atomic mass is 10.2. The topological polar surface area (TPSA) is 102 Å². The number of H-pyrrole nitrogens is 1. The molecule has 9 heteroatoms. The number of primary amides is 1. The third-order valence-corrected chi connectivity index (χ3v) is 3.88. The molecular formula is C15H14FN6O2. The maximum atomic E-state index is 14.4. The van der Waals surface area contributed by atoms with Crippen LogP contribution in [0.1, 0.15) is 0 Å². The number of aromatic nitrogens is 4. The standard InChI is InChI=1S/C15H14FN6O2/c16-9-7-11-12(8-13(9)21-3-5-24-6-4-21)19-14(18-11)10-1-2-22(20-10)15(17)23/h2,7-8H,3-6H2,(H2,17,23)(H,18,19). The summed E-state index contributed by atoms with van der Waals surface area (Å²) in [6, 6.07) is 5.18. The molecule has 3 heterocycles. The highest BCUT2D eigenvalue weighted by molar-refractivity contribution is 5.83. The normalized spacial score (nSPS) is 15.1. The van der Waals surface area contributed by atoms with Crippen LogP contribution in [0, 0.1) is 11.9 Å². The number of benzene rings is 1. The third-order valence-electron chi connectivity index (χ3n) is 3.88. The Morgan fingerprint density at radius 3 is 2.88 bits per heavy atom. The van der Waals surface area contributed by atoms with Gasteiger partial charge in [0.15, 0.2) is 5.82 Å². The molecular weight excluding hydrogens is 315 g/mol. The van der Waals surface area contributed by atoms with Gasteiger partial charge in [-0.25, -0.2) is 14.2 Å². The molecule has 8 nitrogen and oxygen atoms in total. The molecule has 2 aromatic heterocycles. The average Bonchev–Trinajstić information content (AvgIpc) is 3.21. The van der Waals surface area contributed by atoms with Crippen LogP contribution < -0.4 is 10.6 Å². The van der Waals surface area contributed by atoms with E-state index < -0.39 is 6.03 Å². The van der Waals surface area contributed by atoms with Gasteiger partial charge in [0, 0.05) is 31.4 Å². The van der Waals surface area contributed by atoms with E-state index in [1.807, 2.05) is 4.90 Å². The van der Waals surface area contributed by atoms with Crippen molar-refractivity contribution >= 4 is 22.8 Å². The Bertz CT molecular complexity index is 912. The Morgan fingerprint density at radius 2 is 2.17 bits per heavy atom. The number of rotatable bonds is 2. The fourth-order valence-electron chi connectivity index (χ4n) is 2.70. The van der Waals surface area contributed by atoms with Gasteiger partial charge in [0.1, 0.15) is 11.5 Å². The second-order valence-electron chi connectivity index (χ2n) is 5.41. The number of fused-ring (bicyclic) bond motifs is 1. The molecule has 3 aromatic rings. The molecule has 1 aliphatic rings. The molecule has 1 fully saturated rings. The number of ether oxygens (including phenoxy) is 1. The molecule has 123 valence electrons. The van der Waals surface area contributed by atoms with Crippen LogP contribution in [0.4, 0.5) is 14.9 Å². The molecule has 1 amide bonds. The van der Waals surface area contributed by atoms with Gasteiger partial charge in [-0.05, 0) is 6.07 Å². The smallest absolute Gasteiger partial charge is 0.339 e. The van der Waals surface area contributed by atoms with Crippen LogP contribution in [0.3, 0.4) is 0 Å². The van der Waals surface area contributed by atoms with Crippen LogP contribution in [0.15, 0.2) is 18.3 Å². The van der Waals surface area contributed by atoms with Crippen molar-refractivity contribution < 1.29 is 13.9 Å². The molecule has 0 bridgehead atoms. The fourth-order valence-corrected chi connectivity index (χ4v) is 2.70. The number of nitrogens with one attached hydrogen (secondary N) is 1. The van der Waals surface area contributed by atoms with Crippen molar-refractivity contribution in [3.63, 3.8) is 0 Å². The highest BCUT2D eigenvalue weighted by Gasteiger charge is 2.18. The number of amides is 1. The van der Waals surface area contributed by atoms with Gasteiger partial charge in [-0.1, -0.05) is 0 Å². The Labute approximate surface area is 136 Å². The zero-order valence-corrected chi connectivity index (χ0v) is 12.6. The van der Waals surface area contributed by atoms with E-state index in [1.54, 1.807) is 6.07 Å². The van der Waals surface area contributed by atoms with Gasteiger partial charge < -0.3 is 20.4 Å². The number of aromatic amines is 1. The lowest BCUT2D eigenvalue weighted by Gasteiger charge is -2.29. The second-order valence-corrected chi connectivity index (χ2v) is 5.41. The average molecular weight is 329 g/mol. The minimum Gasteiger partial charge on any atom is -0.378 e. The Hall–Kier alpha value is -2.94.